The van der Waals surface area contributed by atoms with Crippen LogP contribution < -0.4 is 4.74 Å². The molecule has 1 heterocycles. The Kier molecular flexibility index (Phi) is 6.97. The van der Waals surface area contributed by atoms with Crippen molar-refractivity contribution in [2.24, 2.45) is 5.92 Å². The lowest BCUT2D eigenvalue weighted by Gasteiger charge is -2.27. The van der Waals surface area contributed by atoms with Gasteiger partial charge in [0.2, 0.25) is 0 Å². The number of allylic oxidation sites excluding steroid dienone is 1. The molecule has 0 bridgehead atoms. The number of carboxylic acid groups (broad SMARTS) is 1. The molecule has 4 heteroatoms. The molecule has 0 spiro atoms. The van der Waals surface area contributed by atoms with Gasteiger partial charge in [-0.05, 0) is 62.7 Å². The van der Waals surface area contributed by atoms with Crippen LogP contribution in [-0.2, 0) is 11.2 Å². The summed E-state index contributed by atoms with van der Waals surface area (Å²) < 4.78 is 6.20. The number of unbranched alkanes of at least 4 members (excludes halogenated alkanes) is 2. The molecule has 0 radical (unpaired) electrons. The second-order valence-electron chi connectivity index (χ2n) is 6.25. The Morgan fingerprint density at radius 3 is 2.82 bits per heavy atom. The Labute approximate surface area is 137 Å². The quantitative estimate of drug-likeness (QED) is 0.537. The van der Waals surface area contributed by atoms with E-state index >= 15 is 0 Å². The lowest BCUT2D eigenvalue weighted by Crippen LogP contribution is -2.23. The first-order chi connectivity index (χ1) is 10.6. The smallest absolute Gasteiger partial charge is 0.327 e. The van der Waals surface area contributed by atoms with Crippen LogP contribution in [0.15, 0.2) is 22.9 Å². The molecule has 0 saturated heterocycles. The molecule has 22 heavy (non-hydrogen) atoms. The van der Waals surface area contributed by atoms with Gasteiger partial charge in [0.1, 0.15) is 5.75 Å². The molecule has 3 nitrogen and oxygen atoms in total. The predicted molar refractivity (Wildman–Crippen MR) is 90.7 cm³/mol. The third kappa shape index (κ3) is 5.84. The van der Waals surface area contributed by atoms with Crippen molar-refractivity contribution < 1.29 is 14.6 Å². The molecular weight excluding hydrogens is 296 g/mol. The van der Waals surface area contributed by atoms with E-state index in [1.54, 1.807) is 17.4 Å². The van der Waals surface area contributed by atoms with Crippen LogP contribution in [0.1, 0.15) is 57.4 Å². The van der Waals surface area contributed by atoms with Crippen LogP contribution >= 0.6 is 11.3 Å². The predicted octanol–water partition coefficient (Wildman–Crippen LogP) is 5.06. The molecule has 0 atom stereocenters. The standard InChI is InChI=1S/C18H26O3S/c1-14-8-10-16(11-9-14)21-17-13-22-12-15(17)6-4-2-3-5-7-18(19)20/h5,7,12-14,16H,2-4,6,8-11H2,1H3,(H,19,20). The summed E-state index contributed by atoms with van der Waals surface area (Å²) in [6.45, 7) is 2.32. The molecule has 0 amide bonds. The van der Waals surface area contributed by atoms with E-state index in [4.69, 9.17) is 9.84 Å². The van der Waals surface area contributed by atoms with Crippen molar-refractivity contribution >= 4 is 17.3 Å². The molecule has 0 unspecified atom stereocenters. The van der Waals surface area contributed by atoms with E-state index in [0.29, 0.717) is 6.10 Å². The third-order valence-corrected chi connectivity index (χ3v) is 5.06. The van der Waals surface area contributed by atoms with Crippen molar-refractivity contribution in [3.05, 3.63) is 28.5 Å². The van der Waals surface area contributed by atoms with Crippen LogP contribution in [0, 0.1) is 5.92 Å². The van der Waals surface area contributed by atoms with Crippen LogP contribution in [0.5, 0.6) is 5.75 Å². The summed E-state index contributed by atoms with van der Waals surface area (Å²) >= 11 is 1.71. The van der Waals surface area contributed by atoms with Gasteiger partial charge < -0.3 is 9.84 Å². The fourth-order valence-corrected chi connectivity index (χ4v) is 3.68. The number of rotatable bonds is 8. The first kappa shape index (κ1) is 17.1. The second kappa shape index (κ2) is 8.99. The zero-order valence-electron chi connectivity index (χ0n) is 13.3. The first-order valence-corrected chi connectivity index (χ1v) is 9.20. The SMILES string of the molecule is CC1CCC(Oc2cscc2CCCCC=CC(=O)O)CC1. The van der Waals surface area contributed by atoms with E-state index in [2.05, 4.69) is 17.7 Å². The summed E-state index contributed by atoms with van der Waals surface area (Å²) in [4.78, 5) is 10.4. The highest BCUT2D eigenvalue weighted by atomic mass is 32.1. The molecule has 1 aliphatic rings. The van der Waals surface area contributed by atoms with Crippen LogP contribution in [0.2, 0.25) is 0 Å². The largest absolute Gasteiger partial charge is 0.489 e. The van der Waals surface area contributed by atoms with Crippen molar-refractivity contribution in [1.29, 1.82) is 0 Å². The van der Waals surface area contributed by atoms with E-state index in [1.165, 1.54) is 37.3 Å². The zero-order chi connectivity index (χ0) is 15.8. The van der Waals surface area contributed by atoms with Gasteiger partial charge in [-0.15, -0.1) is 11.3 Å². The summed E-state index contributed by atoms with van der Waals surface area (Å²) in [5, 5.41) is 12.8. The molecule has 1 fully saturated rings. The molecule has 0 aromatic carbocycles. The molecule has 1 saturated carbocycles. The lowest BCUT2D eigenvalue weighted by molar-refractivity contribution is -0.131. The average Bonchev–Trinajstić information content (AvgIpc) is 2.92. The summed E-state index contributed by atoms with van der Waals surface area (Å²) in [6, 6.07) is 0. The first-order valence-electron chi connectivity index (χ1n) is 8.26. The number of thiophene rings is 1. The van der Waals surface area contributed by atoms with Crippen molar-refractivity contribution in [2.45, 2.75) is 64.4 Å². The van der Waals surface area contributed by atoms with Crippen LogP contribution in [0.4, 0.5) is 0 Å². The van der Waals surface area contributed by atoms with Gasteiger partial charge in [-0.3, -0.25) is 0 Å². The van der Waals surface area contributed by atoms with Gasteiger partial charge in [-0.25, -0.2) is 4.79 Å². The van der Waals surface area contributed by atoms with Crippen molar-refractivity contribution in [2.75, 3.05) is 0 Å². The minimum atomic E-state index is -0.865. The molecule has 122 valence electrons. The fraction of sp³-hybridized carbons (Fsp3) is 0.611. The maximum atomic E-state index is 10.4. The normalized spacial score (nSPS) is 22.0. The number of aryl methyl sites for hydroxylation is 1. The highest BCUT2D eigenvalue weighted by Crippen LogP contribution is 2.31. The molecule has 1 aromatic rings. The van der Waals surface area contributed by atoms with Gasteiger partial charge in [0.15, 0.2) is 0 Å². The molecule has 2 rings (SSSR count). The number of aliphatic carboxylic acids is 1. The van der Waals surface area contributed by atoms with Crippen molar-refractivity contribution in [3.63, 3.8) is 0 Å². The second-order valence-corrected chi connectivity index (χ2v) is 6.99. The Balaban J connectivity index is 1.71. The number of carboxylic acids is 1. The lowest BCUT2D eigenvalue weighted by atomic mass is 9.89. The molecule has 1 N–H and O–H groups in total. The van der Waals surface area contributed by atoms with E-state index < -0.39 is 5.97 Å². The summed E-state index contributed by atoms with van der Waals surface area (Å²) in [7, 11) is 0. The Hall–Kier alpha value is -1.29. The van der Waals surface area contributed by atoms with Gasteiger partial charge in [0.05, 0.1) is 6.10 Å². The summed E-state index contributed by atoms with van der Waals surface area (Å²) in [6.07, 6.45) is 12.2. The zero-order valence-corrected chi connectivity index (χ0v) is 14.1. The highest BCUT2D eigenvalue weighted by molar-refractivity contribution is 7.08. The van der Waals surface area contributed by atoms with E-state index in [1.807, 2.05) is 0 Å². The monoisotopic (exact) mass is 322 g/mol. The number of ether oxygens (including phenoxy) is 1. The maximum absolute atomic E-state index is 10.4. The third-order valence-electron chi connectivity index (χ3n) is 4.29. The van der Waals surface area contributed by atoms with Gasteiger partial charge >= 0.3 is 5.97 Å². The summed E-state index contributed by atoms with van der Waals surface area (Å²) in [5.41, 5.74) is 1.31. The van der Waals surface area contributed by atoms with E-state index in [-0.39, 0.29) is 0 Å². The highest BCUT2D eigenvalue weighted by Gasteiger charge is 2.20. The minimum Gasteiger partial charge on any atom is -0.489 e. The number of hydrogen-bond acceptors (Lipinski definition) is 3. The molecule has 1 aliphatic carbocycles. The van der Waals surface area contributed by atoms with E-state index in [0.717, 1.165) is 37.4 Å². The molecule has 0 aliphatic heterocycles. The Bertz CT molecular complexity index is 484. The topological polar surface area (TPSA) is 46.5 Å². The van der Waals surface area contributed by atoms with E-state index in [9.17, 15) is 4.79 Å². The van der Waals surface area contributed by atoms with Crippen molar-refractivity contribution in [3.8, 4) is 5.75 Å². The van der Waals surface area contributed by atoms with Gasteiger partial charge in [0.25, 0.3) is 0 Å². The van der Waals surface area contributed by atoms with Crippen molar-refractivity contribution in [1.82, 2.24) is 0 Å². The van der Waals surface area contributed by atoms with Crippen LogP contribution in [-0.4, -0.2) is 17.2 Å². The van der Waals surface area contributed by atoms with Gasteiger partial charge in [-0.2, -0.15) is 0 Å². The molecular formula is C18H26O3S. The average molecular weight is 322 g/mol. The molecule has 1 aromatic heterocycles. The Morgan fingerprint density at radius 2 is 2.09 bits per heavy atom. The van der Waals surface area contributed by atoms with Crippen LogP contribution in [0.25, 0.3) is 0 Å². The van der Waals surface area contributed by atoms with Gasteiger partial charge in [0, 0.05) is 17.0 Å². The maximum Gasteiger partial charge on any atom is 0.327 e. The van der Waals surface area contributed by atoms with Crippen LogP contribution in [0.3, 0.4) is 0 Å². The van der Waals surface area contributed by atoms with Gasteiger partial charge in [-0.1, -0.05) is 13.0 Å². The Morgan fingerprint density at radius 1 is 1.32 bits per heavy atom. The number of hydrogen-bond donors (Lipinski definition) is 1. The minimum absolute atomic E-state index is 0.392. The summed E-state index contributed by atoms with van der Waals surface area (Å²) in [5.74, 6) is 1.06. The fourth-order valence-electron chi connectivity index (χ4n) is 2.89. The number of carbonyl (C=O) groups is 1.